The monoisotopic (exact) mass is 865 g/mol. The van der Waals surface area contributed by atoms with Gasteiger partial charge in [0, 0.05) is 50.5 Å². The average molecular weight is 865 g/mol. The van der Waals surface area contributed by atoms with Crippen molar-refractivity contribution in [3.05, 3.63) is 161 Å². The molecule has 66 heavy (non-hydrogen) atoms. The zero-order chi connectivity index (χ0) is 46.5. The Balaban J connectivity index is 1.19. The van der Waals surface area contributed by atoms with Crippen LogP contribution in [-0.4, -0.2) is 6.71 Å². The Morgan fingerprint density at radius 3 is 1.59 bits per heavy atom. The molecule has 3 heterocycles. The Morgan fingerprint density at radius 1 is 0.470 bits per heavy atom. The molecule has 2 aliphatic heterocycles. The van der Waals surface area contributed by atoms with Crippen LogP contribution in [0.5, 0.6) is 0 Å². The van der Waals surface area contributed by atoms with E-state index in [0.29, 0.717) is 0 Å². The van der Waals surface area contributed by atoms with Crippen molar-refractivity contribution < 1.29 is 4.42 Å². The molecule has 0 radical (unpaired) electrons. The highest BCUT2D eigenvalue weighted by atomic mass is 16.3. The van der Waals surface area contributed by atoms with Crippen LogP contribution in [0.2, 0.25) is 0 Å². The van der Waals surface area contributed by atoms with E-state index in [1.54, 1.807) is 0 Å². The molecule has 0 N–H and O–H groups in total. The lowest BCUT2D eigenvalue weighted by Gasteiger charge is -2.46. The van der Waals surface area contributed by atoms with Crippen LogP contribution in [-0.2, 0) is 27.1 Å². The third-order valence-corrected chi connectivity index (χ3v) is 15.6. The fraction of sp³-hybridized carbons (Fsp3) is 0.323. The fourth-order valence-corrected chi connectivity index (χ4v) is 11.4. The molecular formula is C62H65BN2O. The van der Waals surface area contributed by atoms with Gasteiger partial charge in [-0.25, -0.2) is 0 Å². The molecule has 11 rings (SSSR count). The van der Waals surface area contributed by atoms with E-state index in [4.69, 9.17) is 4.42 Å². The van der Waals surface area contributed by atoms with E-state index in [1.807, 2.05) is 6.07 Å². The van der Waals surface area contributed by atoms with Crippen LogP contribution in [0.15, 0.2) is 138 Å². The standard InChI is InChI=1S/C62H65BN2O/c1-58(2,3)39-23-29-51-49(33-39)63-50-34-40(59(4,5)6)24-30-52(50)65(43-27-28-47-48(37-43)62(12,13)32-31-61(47,10)11)54-36-41(60(7,8)9)35-53(56(54)63)64(51)42-25-21-38(22-26-42)44-18-16-19-46-45-17-14-15-20-55(45)66-57(44)46/h14-30,33-37H,31-32H2,1-13H3. The molecule has 4 heteroatoms. The van der Waals surface area contributed by atoms with Crippen LogP contribution in [0.3, 0.4) is 0 Å². The number of hydrogen-bond acceptors (Lipinski definition) is 3. The van der Waals surface area contributed by atoms with E-state index in [9.17, 15) is 0 Å². The minimum Gasteiger partial charge on any atom is -0.455 e. The van der Waals surface area contributed by atoms with Gasteiger partial charge in [0.1, 0.15) is 11.2 Å². The zero-order valence-electron chi connectivity index (χ0n) is 41.5. The number of hydrogen-bond donors (Lipinski definition) is 0. The maximum absolute atomic E-state index is 6.55. The summed E-state index contributed by atoms with van der Waals surface area (Å²) < 4.78 is 6.55. The molecule has 0 bridgehead atoms. The van der Waals surface area contributed by atoms with Gasteiger partial charge in [-0.3, -0.25) is 0 Å². The van der Waals surface area contributed by atoms with Crippen molar-refractivity contribution in [2.45, 2.75) is 130 Å². The maximum Gasteiger partial charge on any atom is 0.252 e. The largest absolute Gasteiger partial charge is 0.455 e. The zero-order valence-corrected chi connectivity index (χ0v) is 41.5. The molecule has 0 unspecified atom stereocenters. The molecule has 1 aromatic heterocycles. The predicted octanol–water partition coefficient (Wildman–Crippen LogP) is 15.6. The average Bonchev–Trinajstić information content (AvgIpc) is 3.65. The summed E-state index contributed by atoms with van der Waals surface area (Å²) in [7, 11) is 0. The molecule has 3 nitrogen and oxygen atoms in total. The van der Waals surface area contributed by atoms with Crippen LogP contribution in [0.25, 0.3) is 33.1 Å². The minimum absolute atomic E-state index is 0.0221. The number of rotatable bonds is 3. The Hall–Kier alpha value is -6.00. The van der Waals surface area contributed by atoms with Crippen molar-refractivity contribution in [2.75, 3.05) is 9.80 Å². The van der Waals surface area contributed by atoms with Crippen molar-refractivity contribution in [3.63, 3.8) is 0 Å². The van der Waals surface area contributed by atoms with Gasteiger partial charge in [0.25, 0.3) is 6.71 Å². The highest BCUT2D eigenvalue weighted by Gasteiger charge is 2.46. The van der Waals surface area contributed by atoms with Crippen LogP contribution in [0, 0.1) is 0 Å². The van der Waals surface area contributed by atoms with E-state index < -0.39 is 0 Å². The first-order chi connectivity index (χ1) is 31.1. The summed E-state index contributed by atoms with van der Waals surface area (Å²) in [6.07, 6.45) is 2.37. The fourth-order valence-electron chi connectivity index (χ4n) is 11.4. The number of furan rings is 1. The molecule has 0 atom stereocenters. The minimum atomic E-state index is -0.109. The van der Waals surface area contributed by atoms with E-state index >= 15 is 0 Å². The van der Waals surface area contributed by atoms with Crippen LogP contribution in [0.4, 0.5) is 34.1 Å². The molecule has 0 spiro atoms. The van der Waals surface area contributed by atoms with Gasteiger partial charge in [-0.15, -0.1) is 0 Å². The lowest BCUT2D eigenvalue weighted by atomic mass is 9.33. The summed E-state index contributed by atoms with van der Waals surface area (Å²) in [4.78, 5) is 5.21. The van der Waals surface area contributed by atoms with Gasteiger partial charge < -0.3 is 14.2 Å². The van der Waals surface area contributed by atoms with E-state index in [2.05, 4.69) is 227 Å². The number of anilines is 6. The summed E-state index contributed by atoms with van der Waals surface area (Å²) in [5.41, 5.74) is 22.7. The Labute approximate surface area is 393 Å². The van der Waals surface area contributed by atoms with Gasteiger partial charge in [0.05, 0.1) is 0 Å². The van der Waals surface area contributed by atoms with E-state index in [0.717, 1.165) is 38.8 Å². The summed E-state index contributed by atoms with van der Waals surface area (Å²) in [6, 6.07) is 51.4. The molecule has 8 aromatic rings. The topological polar surface area (TPSA) is 19.6 Å². The predicted molar refractivity (Wildman–Crippen MR) is 285 cm³/mol. The SMILES string of the molecule is CC(C)(C)c1ccc2c(c1)B1c3cc(C(C)(C)C)ccc3N(c3ccc4c(c3)C(C)(C)CCC4(C)C)c3cc(C(C)(C)C)cc(c31)N2c1ccc(-c2cccc3c2oc2ccccc23)cc1. The molecular weight excluding hydrogens is 800 g/mol. The van der Waals surface area contributed by atoms with Crippen LogP contribution < -0.4 is 26.2 Å². The third kappa shape index (κ3) is 6.60. The maximum atomic E-state index is 6.55. The quantitative estimate of drug-likeness (QED) is 0.165. The Morgan fingerprint density at radius 2 is 1.00 bits per heavy atom. The molecule has 3 aliphatic rings. The van der Waals surface area contributed by atoms with Gasteiger partial charge in [0.15, 0.2) is 0 Å². The molecule has 332 valence electrons. The van der Waals surface area contributed by atoms with Gasteiger partial charge >= 0.3 is 0 Å². The molecule has 7 aromatic carbocycles. The molecule has 0 saturated carbocycles. The second-order valence-corrected chi connectivity index (χ2v) is 24.2. The molecule has 0 saturated heterocycles. The highest BCUT2D eigenvalue weighted by Crippen LogP contribution is 2.51. The van der Waals surface area contributed by atoms with Gasteiger partial charge in [-0.1, -0.05) is 169 Å². The first-order valence-electron chi connectivity index (χ1n) is 24.3. The van der Waals surface area contributed by atoms with Gasteiger partial charge in [0.2, 0.25) is 0 Å². The first-order valence-corrected chi connectivity index (χ1v) is 24.3. The molecule has 0 fully saturated rings. The highest BCUT2D eigenvalue weighted by molar-refractivity contribution is 7.00. The Kier molecular flexibility index (Phi) is 9.21. The summed E-state index contributed by atoms with van der Waals surface area (Å²) in [5, 5.41) is 2.30. The van der Waals surface area contributed by atoms with Crippen molar-refractivity contribution in [2.24, 2.45) is 0 Å². The van der Waals surface area contributed by atoms with Gasteiger partial charge in [-0.05, 0) is 144 Å². The normalized spacial score (nSPS) is 16.3. The summed E-state index contributed by atoms with van der Waals surface area (Å²) in [6.45, 7) is 31.0. The number of para-hydroxylation sites is 2. The van der Waals surface area contributed by atoms with Crippen LogP contribution >= 0.6 is 0 Å². The second-order valence-electron chi connectivity index (χ2n) is 24.2. The van der Waals surface area contributed by atoms with E-state index in [-0.39, 0.29) is 33.8 Å². The van der Waals surface area contributed by atoms with Crippen molar-refractivity contribution in [1.29, 1.82) is 0 Å². The number of fused-ring (bicyclic) bond motifs is 8. The van der Waals surface area contributed by atoms with E-state index in [1.165, 1.54) is 85.5 Å². The van der Waals surface area contributed by atoms with Crippen LogP contribution in [0.1, 0.15) is 131 Å². The summed E-state index contributed by atoms with van der Waals surface area (Å²) in [5.74, 6) is 0. The lowest BCUT2D eigenvalue weighted by Crippen LogP contribution is -2.61. The number of benzene rings is 7. The third-order valence-electron chi connectivity index (χ3n) is 15.6. The molecule has 0 amide bonds. The van der Waals surface area contributed by atoms with Crippen molar-refractivity contribution >= 4 is 79.2 Å². The second kappa shape index (κ2) is 14.3. The first kappa shape index (κ1) is 42.6. The van der Waals surface area contributed by atoms with Gasteiger partial charge in [-0.2, -0.15) is 0 Å². The smallest absolute Gasteiger partial charge is 0.252 e. The number of nitrogens with zero attached hydrogens (tertiary/aromatic N) is 2. The molecule has 1 aliphatic carbocycles. The van der Waals surface area contributed by atoms with Crippen molar-refractivity contribution in [1.82, 2.24) is 0 Å². The van der Waals surface area contributed by atoms with Crippen molar-refractivity contribution in [3.8, 4) is 11.1 Å². The summed E-state index contributed by atoms with van der Waals surface area (Å²) >= 11 is 0. The Bertz CT molecular complexity index is 3270. The lowest BCUT2D eigenvalue weighted by molar-refractivity contribution is 0.332.